The van der Waals surface area contributed by atoms with Gasteiger partial charge in [0.05, 0.1) is 0 Å². The van der Waals surface area contributed by atoms with Crippen LogP contribution in [-0.2, 0) is 4.79 Å². The molecule has 4 heteroatoms. The zero-order valence-corrected chi connectivity index (χ0v) is 10.0. The molecular formula is C13H18N2O2. The van der Waals surface area contributed by atoms with Crippen molar-refractivity contribution in [3.63, 3.8) is 0 Å². The lowest BCUT2D eigenvalue weighted by atomic mass is 10.2. The zero-order chi connectivity index (χ0) is 12.3. The number of carbonyl (C=O) groups is 1. The predicted molar refractivity (Wildman–Crippen MR) is 67.3 cm³/mol. The second-order valence-electron chi connectivity index (χ2n) is 4.56. The molecule has 4 nitrogen and oxygen atoms in total. The van der Waals surface area contributed by atoms with Crippen LogP contribution in [0.4, 0.5) is 5.69 Å². The first-order valence-corrected chi connectivity index (χ1v) is 5.89. The summed E-state index contributed by atoms with van der Waals surface area (Å²) >= 11 is 0. The molecule has 0 bridgehead atoms. The summed E-state index contributed by atoms with van der Waals surface area (Å²) < 4.78 is 0. The van der Waals surface area contributed by atoms with Gasteiger partial charge >= 0.3 is 5.97 Å². The number of likely N-dealkylation sites (N-methyl/N-ethyl adjacent to an activating group) is 1. The fraction of sp³-hybridized carbons (Fsp3) is 0.462. The first-order chi connectivity index (χ1) is 8.16. The van der Waals surface area contributed by atoms with Crippen LogP contribution in [0, 0.1) is 0 Å². The molecule has 1 aromatic rings. The van der Waals surface area contributed by atoms with Gasteiger partial charge in [0.1, 0.15) is 6.54 Å². The number of carboxylic acids is 1. The smallest absolute Gasteiger partial charge is 0.323 e. The number of hydrogen-bond donors (Lipinski definition) is 1. The number of benzene rings is 1. The quantitative estimate of drug-likeness (QED) is 0.852. The number of aliphatic carboxylic acids is 1. The molecule has 1 aliphatic rings. The Morgan fingerprint density at radius 1 is 1.47 bits per heavy atom. The lowest BCUT2D eigenvalue weighted by Crippen LogP contribution is -2.40. The first-order valence-electron chi connectivity index (χ1n) is 5.89. The third kappa shape index (κ3) is 2.97. The van der Waals surface area contributed by atoms with Crippen molar-refractivity contribution in [3.8, 4) is 0 Å². The molecule has 1 aromatic carbocycles. The van der Waals surface area contributed by atoms with Crippen molar-refractivity contribution < 1.29 is 9.90 Å². The van der Waals surface area contributed by atoms with E-state index in [9.17, 15) is 4.79 Å². The number of rotatable bonds is 4. The van der Waals surface area contributed by atoms with Crippen molar-refractivity contribution in [2.75, 3.05) is 31.6 Å². The Hall–Kier alpha value is -1.55. The van der Waals surface area contributed by atoms with Crippen LogP contribution in [0.15, 0.2) is 30.3 Å². The highest BCUT2D eigenvalue weighted by Crippen LogP contribution is 2.21. The normalized spacial score (nSPS) is 20.4. The van der Waals surface area contributed by atoms with E-state index in [2.05, 4.69) is 11.9 Å². The average Bonchev–Trinajstić information content (AvgIpc) is 2.73. The molecule has 2 rings (SSSR count). The molecule has 1 atom stereocenters. The van der Waals surface area contributed by atoms with Crippen molar-refractivity contribution in [2.24, 2.45) is 0 Å². The van der Waals surface area contributed by atoms with Crippen molar-refractivity contribution in [2.45, 2.75) is 12.5 Å². The summed E-state index contributed by atoms with van der Waals surface area (Å²) in [5.74, 6) is -0.775. The van der Waals surface area contributed by atoms with Crippen LogP contribution in [0.5, 0.6) is 0 Å². The lowest BCUT2D eigenvalue weighted by Gasteiger charge is -2.29. The third-order valence-corrected chi connectivity index (χ3v) is 3.20. The topological polar surface area (TPSA) is 43.8 Å². The third-order valence-electron chi connectivity index (χ3n) is 3.20. The summed E-state index contributed by atoms with van der Waals surface area (Å²) in [6, 6.07) is 10.1. The minimum absolute atomic E-state index is 0.0719. The molecule has 0 saturated carbocycles. The van der Waals surface area contributed by atoms with Crippen LogP contribution < -0.4 is 4.90 Å². The van der Waals surface area contributed by atoms with Crippen LogP contribution in [0.3, 0.4) is 0 Å². The van der Waals surface area contributed by atoms with E-state index in [4.69, 9.17) is 5.11 Å². The van der Waals surface area contributed by atoms with E-state index in [-0.39, 0.29) is 6.54 Å². The molecule has 1 N–H and O–H groups in total. The molecule has 1 fully saturated rings. The second-order valence-corrected chi connectivity index (χ2v) is 4.56. The van der Waals surface area contributed by atoms with Gasteiger partial charge < -0.3 is 14.9 Å². The Morgan fingerprint density at radius 3 is 2.71 bits per heavy atom. The number of para-hydroxylation sites is 1. The maximum absolute atomic E-state index is 11.0. The van der Waals surface area contributed by atoms with Gasteiger partial charge in [0, 0.05) is 18.3 Å². The van der Waals surface area contributed by atoms with E-state index in [0.717, 1.165) is 25.2 Å². The fourth-order valence-corrected chi connectivity index (χ4v) is 2.36. The summed E-state index contributed by atoms with van der Waals surface area (Å²) in [5.41, 5.74) is 0.996. The second kappa shape index (κ2) is 5.19. The number of carboxylic acid groups (broad SMARTS) is 1. The van der Waals surface area contributed by atoms with Gasteiger partial charge in [-0.3, -0.25) is 4.79 Å². The number of anilines is 1. The molecule has 1 aliphatic heterocycles. The fourth-order valence-electron chi connectivity index (χ4n) is 2.36. The van der Waals surface area contributed by atoms with Gasteiger partial charge in [-0.25, -0.2) is 0 Å². The molecule has 1 unspecified atom stereocenters. The summed E-state index contributed by atoms with van der Waals surface area (Å²) in [6.07, 6.45) is 1.03. The van der Waals surface area contributed by atoms with Gasteiger partial charge in [-0.1, -0.05) is 18.2 Å². The Bertz CT molecular complexity index is 380. The van der Waals surface area contributed by atoms with E-state index in [1.807, 2.05) is 35.2 Å². The summed E-state index contributed by atoms with van der Waals surface area (Å²) in [4.78, 5) is 15.2. The molecule has 17 heavy (non-hydrogen) atoms. The van der Waals surface area contributed by atoms with Gasteiger partial charge in [-0.2, -0.15) is 0 Å². The van der Waals surface area contributed by atoms with Crippen molar-refractivity contribution >= 4 is 11.7 Å². The maximum atomic E-state index is 11.0. The van der Waals surface area contributed by atoms with Gasteiger partial charge in [0.2, 0.25) is 0 Å². The molecule has 0 aliphatic carbocycles. The Labute approximate surface area is 101 Å². The molecular weight excluding hydrogens is 216 g/mol. The number of likely N-dealkylation sites (tertiary alicyclic amines) is 1. The van der Waals surface area contributed by atoms with E-state index < -0.39 is 5.97 Å². The highest BCUT2D eigenvalue weighted by Gasteiger charge is 2.27. The Kier molecular flexibility index (Phi) is 3.64. The highest BCUT2D eigenvalue weighted by molar-refractivity contribution is 5.74. The van der Waals surface area contributed by atoms with Crippen molar-refractivity contribution in [1.82, 2.24) is 4.90 Å². The standard InChI is InChI=1S/C13H18N2O2/c1-14-8-7-12(9-14)15(10-13(16)17)11-5-3-2-4-6-11/h2-6,12H,7-10H2,1H3,(H,16,17). The molecule has 92 valence electrons. The first kappa shape index (κ1) is 11.9. The Morgan fingerprint density at radius 2 is 2.18 bits per heavy atom. The van der Waals surface area contributed by atoms with Crippen LogP contribution in [0.1, 0.15) is 6.42 Å². The van der Waals surface area contributed by atoms with Crippen molar-refractivity contribution in [3.05, 3.63) is 30.3 Å². The Balaban J connectivity index is 2.16. The molecule has 1 saturated heterocycles. The van der Waals surface area contributed by atoms with E-state index in [1.165, 1.54) is 0 Å². The monoisotopic (exact) mass is 234 g/mol. The van der Waals surface area contributed by atoms with E-state index in [1.54, 1.807) is 0 Å². The van der Waals surface area contributed by atoms with E-state index >= 15 is 0 Å². The van der Waals surface area contributed by atoms with Crippen LogP contribution in [0.2, 0.25) is 0 Å². The van der Waals surface area contributed by atoms with Crippen LogP contribution in [0.25, 0.3) is 0 Å². The SMILES string of the molecule is CN1CCC(N(CC(=O)O)c2ccccc2)C1. The average molecular weight is 234 g/mol. The number of nitrogens with zero attached hydrogens (tertiary/aromatic N) is 2. The minimum atomic E-state index is -0.775. The molecule has 1 heterocycles. The van der Waals surface area contributed by atoms with Crippen LogP contribution in [-0.4, -0.2) is 48.7 Å². The largest absolute Gasteiger partial charge is 0.480 e. The predicted octanol–water partition coefficient (Wildman–Crippen LogP) is 1.28. The van der Waals surface area contributed by atoms with Gasteiger partial charge in [0.15, 0.2) is 0 Å². The molecule has 0 spiro atoms. The highest BCUT2D eigenvalue weighted by atomic mass is 16.4. The minimum Gasteiger partial charge on any atom is -0.480 e. The number of hydrogen-bond acceptors (Lipinski definition) is 3. The zero-order valence-electron chi connectivity index (χ0n) is 10.0. The summed E-state index contributed by atoms with van der Waals surface area (Å²) in [6.45, 7) is 2.04. The molecule has 0 radical (unpaired) electrons. The summed E-state index contributed by atoms with van der Waals surface area (Å²) in [7, 11) is 2.07. The van der Waals surface area contributed by atoms with Crippen molar-refractivity contribution in [1.29, 1.82) is 0 Å². The lowest BCUT2D eigenvalue weighted by molar-refractivity contribution is -0.135. The molecule has 0 aromatic heterocycles. The van der Waals surface area contributed by atoms with E-state index in [0.29, 0.717) is 6.04 Å². The van der Waals surface area contributed by atoms with Crippen LogP contribution >= 0.6 is 0 Å². The van der Waals surface area contributed by atoms with Gasteiger partial charge in [-0.05, 0) is 32.1 Å². The maximum Gasteiger partial charge on any atom is 0.323 e. The molecule has 0 amide bonds. The van der Waals surface area contributed by atoms with Gasteiger partial charge in [-0.15, -0.1) is 0 Å². The summed E-state index contributed by atoms with van der Waals surface area (Å²) in [5, 5.41) is 9.02. The van der Waals surface area contributed by atoms with Gasteiger partial charge in [0.25, 0.3) is 0 Å².